The Bertz CT molecular complexity index is 1610. The predicted octanol–water partition coefficient (Wildman–Crippen LogP) is 6.60. The third-order valence-corrected chi connectivity index (χ3v) is 6.71. The average molecular weight is 451 g/mol. The summed E-state index contributed by atoms with van der Waals surface area (Å²) in [5, 5.41) is 14.2. The monoisotopic (exact) mass is 450 g/mol. The van der Waals surface area contributed by atoms with Crippen molar-refractivity contribution in [3.05, 3.63) is 71.4 Å². The summed E-state index contributed by atoms with van der Waals surface area (Å²) in [7, 11) is 0. The van der Waals surface area contributed by atoms with Gasteiger partial charge in [-0.15, -0.1) is 0 Å². The van der Waals surface area contributed by atoms with E-state index in [0.29, 0.717) is 0 Å². The van der Waals surface area contributed by atoms with Gasteiger partial charge in [0.05, 0.1) is 34.3 Å². The molecule has 0 aliphatic carbocycles. The maximum absolute atomic E-state index is 6.28. The van der Waals surface area contributed by atoms with Gasteiger partial charge in [-0.1, -0.05) is 19.9 Å². The van der Waals surface area contributed by atoms with Crippen molar-refractivity contribution in [1.82, 2.24) is 25.1 Å². The first kappa shape index (κ1) is 19.7. The second-order valence-corrected chi connectivity index (χ2v) is 9.31. The van der Waals surface area contributed by atoms with Gasteiger partial charge in [0.2, 0.25) is 0 Å². The molecule has 0 atom stereocenters. The Kier molecular flexibility index (Phi) is 4.52. The van der Waals surface area contributed by atoms with Crippen molar-refractivity contribution in [3.8, 4) is 33.6 Å². The van der Waals surface area contributed by atoms with Crippen LogP contribution in [0.5, 0.6) is 0 Å². The summed E-state index contributed by atoms with van der Waals surface area (Å²) >= 11 is 1.68. The molecule has 0 saturated heterocycles. The minimum Gasteiger partial charge on any atom is -0.397 e. The molecule has 5 aromatic heterocycles. The summed E-state index contributed by atoms with van der Waals surface area (Å²) in [6.07, 6.45) is 5.68. The average Bonchev–Trinajstić information content (AvgIpc) is 3.57. The Morgan fingerprint density at radius 2 is 1.82 bits per heavy atom. The fraction of sp³-hybridized carbons (Fsp3) is 0.115. The van der Waals surface area contributed by atoms with Gasteiger partial charge in [0, 0.05) is 34.3 Å². The zero-order valence-electron chi connectivity index (χ0n) is 18.3. The van der Waals surface area contributed by atoms with Crippen LogP contribution in [0.3, 0.4) is 0 Å². The van der Waals surface area contributed by atoms with Gasteiger partial charge in [-0.2, -0.15) is 16.4 Å². The number of hydrogen-bond donors (Lipinski definition) is 3. The van der Waals surface area contributed by atoms with Crippen LogP contribution in [0.2, 0.25) is 0 Å². The minimum absolute atomic E-state index is 0.289. The SMILES string of the molecule is CC(C)c1ncc(-c2ccc3[nH]nc(-c4cc5c(-c6ccsc6)cncc5[nH]4)c3c2)cc1N. The number of H-pyrrole nitrogens is 2. The zero-order chi connectivity index (χ0) is 22.5. The molecular weight excluding hydrogens is 428 g/mol. The van der Waals surface area contributed by atoms with Crippen molar-refractivity contribution in [2.75, 3.05) is 5.73 Å². The summed E-state index contributed by atoms with van der Waals surface area (Å²) in [5.74, 6) is 0.289. The molecule has 0 aliphatic heterocycles. The molecular formula is C26H22N6S. The molecule has 33 heavy (non-hydrogen) atoms. The fourth-order valence-electron chi connectivity index (χ4n) is 4.36. The largest absolute Gasteiger partial charge is 0.397 e. The lowest BCUT2D eigenvalue weighted by Gasteiger charge is -2.10. The molecule has 6 aromatic rings. The molecule has 1 aromatic carbocycles. The van der Waals surface area contributed by atoms with Crippen molar-refractivity contribution in [1.29, 1.82) is 0 Å². The predicted molar refractivity (Wildman–Crippen MR) is 136 cm³/mol. The van der Waals surface area contributed by atoms with Crippen LogP contribution in [0.1, 0.15) is 25.5 Å². The second kappa shape index (κ2) is 7.56. The molecule has 162 valence electrons. The van der Waals surface area contributed by atoms with Crippen molar-refractivity contribution >= 4 is 38.8 Å². The zero-order valence-corrected chi connectivity index (χ0v) is 19.1. The Morgan fingerprint density at radius 3 is 2.61 bits per heavy atom. The number of nitrogens with one attached hydrogen (secondary N) is 2. The number of benzene rings is 1. The van der Waals surface area contributed by atoms with Crippen LogP contribution in [0.25, 0.3) is 55.4 Å². The normalized spacial score (nSPS) is 11.7. The first-order chi connectivity index (χ1) is 16.1. The van der Waals surface area contributed by atoms with Crippen LogP contribution in [-0.2, 0) is 0 Å². The van der Waals surface area contributed by atoms with Crippen LogP contribution in [0, 0.1) is 0 Å². The highest BCUT2D eigenvalue weighted by molar-refractivity contribution is 7.08. The summed E-state index contributed by atoms with van der Waals surface area (Å²) in [4.78, 5) is 12.5. The van der Waals surface area contributed by atoms with Crippen LogP contribution in [-0.4, -0.2) is 25.1 Å². The van der Waals surface area contributed by atoms with Crippen LogP contribution >= 0.6 is 11.3 Å². The first-order valence-corrected chi connectivity index (χ1v) is 11.8. The molecule has 0 radical (unpaired) electrons. The van der Waals surface area contributed by atoms with Gasteiger partial charge in [-0.05, 0) is 58.1 Å². The smallest absolute Gasteiger partial charge is 0.116 e. The summed E-state index contributed by atoms with van der Waals surface area (Å²) < 4.78 is 0. The molecule has 0 unspecified atom stereocenters. The number of aromatic amines is 2. The molecule has 0 spiro atoms. The summed E-state index contributed by atoms with van der Waals surface area (Å²) in [6.45, 7) is 4.20. The lowest BCUT2D eigenvalue weighted by Crippen LogP contribution is -2.00. The van der Waals surface area contributed by atoms with Crippen LogP contribution in [0.15, 0.2) is 65.7 Å². The molecule has 0 aliphatic rings. The number of nitrogen functional groups attached to an aromatic ring is 1. The molecule has 5 heterocycles. The summed E-state index contributed by atoms with van der Waals surface area (Å²) in [6, 6.07) is 12.5. The molecule has 7 heteroatoms. The highest BCUT2D eigenvalue weighted by Crippen LogP contribution is 2.35. The third kappa shape index (κ3) is 3.29. The number of thiophene rings is 1. The van der Waals surface area contributed by atoms with E-state index in [1.807, 2.05) is 24.7 Å². The standard InChI is InChI=1S/C26H22N6S/c1-14(2)25-21(27)8-17(10-29-25)15-3-4-22-19(7-15)26(32-31-22)23-9-18-20(16-5-6-33-13-16)11-28-12-24(18)30-23/h3-14,30H,27H2,1-2H3,(H,31,32). The number of nitrogens with two attached hydrogens (primary N) is 1. The van der Waals surface area contributed by atoms with Crippen molar-refractivity contribution in [2.24, 2.45) is 0 Å². The number of nitrogens with zero attached hydrogens (tertiary/aromatic N) is 3. The molecule has 0 amide bonds. The van der Waals surface area contributed by atoms with Gasteiger partial charge in [-0.3, -0.25) is 15.1 Å². The Morgan fingerprint density at radius 1 is 0.909 bits per heavy atom. The lowest BCUT2D eigenvalue weighted by atomic mass is 10.0. The lowest BCUT2D eigenvalue weighted by molar-refractivity contribution is 0.827. The Hall–Kier alpha value is -3.97. The van der Waals surface area contributed by atoms with E-state index in [9.17, 15) is 0 Å². The van der Waals surface area contributed by atoms with Crippen LogP contribution in [0.4, 0.5) is 5.69 Å². The molecule has 0 saturated carbocycles. The van der Waals surface area contributed by atoms with Gasteiger partial charge in [-0.25, -0.2) is 0 Å². The van der Waals surface area contributed by atoms with Gasteiger partial charge in [0.1, 0.15) is 5.69 Å². The van der Waals surface area contributed by atoms with E-state index in [1.165, 1.54) is 5.56 Å². The van der Waals surface area contributed by atoms with Gasteiger partial charge in [0.15, 0.2) is 0 Å². The van der Waals surface area contributed by atoms with E-state index >= 15 is 0 Å². The van der Waals surface area contributed by atoms with Crippen LogP contribution < -0.4 is 5.73 Å². The van der Waals surface area contributed by atoms with E-state index in [0.717, 1.165) is 61.3 Å². The van der Waals surface area contributed by atoms with E-state index in [2.05, 4.69) is 80.1 Å². The number of hydrogen-bond acceptors (Lipinski definition) is 5. The van der Waals surface area contributed by atoms with E-state index in [4.69, 9.17) is 5.73 Å². The van der Waals surface area contributed by atoms with Crippen molar-refractivity contribution < 1.29 is 0 Å². The van der Waals surface area contributed by atoms with E-state index in [1.54, 1.807) is 11.3 Å². The van der Waals surface area contributed by atoms with E-state index < -0.39 is 0 Å². The highest BCUT2D eigenvalue weighted by Gasteiger charge is 2.15. The first-order valence-electron chi connectivity index (χ1n) is 10.8. The summed E-state index contributed by atoms with van der Waals surface area (Å²) in [5.41, 5.74) is 16.0. The number of anilines is 1. The number of rotatable bonds is 4. The van der Waals surface area contributed by atoms with Gasteiger partial charge < -0.3 is 10.7 Å². The maximum atomic E-state index is 6.28. The molecule has 0 bridgehead atoms. The van der Waals surface area contributed by atoms with Crippen molar-refractivity contribution in [2.45, 2.75) is 19.8 Å². The molecule has 6 rings (SSSR count). The highest BCUT2D eigenvalue weighted by atomic mass is 32.1. The number of fused-ring (bicyclic) bond motifs is 2. The van der Waals surface area contributed by atoms with Crippen molar-refractivity contribution in [3.63, 3.8) is 0 Å². The maximum Gasteiger partial charge on any atom is 0.116 e. The Balaban J connectivity index is 1.47. The van der Waals surface area contributed by atoms with Gasteiger partial charge in [0.25, 0.3) is 0 Å². The minimum atomic E-state index is 0.289. The number of aromatic nitrogens is 5. The van der Waals surface area contributed by atoms with E-state index in [-0.39, 0.29) is 5.92 Å². The van der Waals surface area contributed by atoms with Gasteiger partial charge >= 0.3 is 0 Å². The Labute approximate surface area is 194 Å². The fourth-order valence-corrected chi connectivity index (χ4v) is 5.01. The quantitative estimate of drug-likeness (QED) is 0.282. The third-order valence-electron chi connectivity index (χ3n) is 6.03. The molecule has 6 nitrogen and oxygen atoms in total. The number of pyridine rings is 2. The topological polar surface area (TPSA) is 96.3 Å². The molecule has 4 N–H and O–H groups in total. The molecule has 0 fully saturated rings. The second-order valence-electron chi connectivity index (χ2n) is 8.53.